The Hall–Kier alpha value is -1.90. The topological polar surface area (TPSA) is 107 Å². The summed E-state index contributed by atoms with van der Waals surface area (Å²) in [4.78, 5) is 26.2. The quantitative estimate of drug-likeness (QED) is 0.663. The van der Waals surface area contributed by atoms with E-state index in [0.717, 1.165) is 12.8 Å². The van der Waals surface area contributed by atoms with Crippen LogP contribution in [0.4, 0.5) is 0 Å². The lowest BCUT2D eigenvalue weighted by molar-refractivity contribution is -0.136. The molecule has 1 saturated heterocycles. The minimum atomic E-state index is -3.10. The highest BCUT2D eigenvalue weighted by molar-refractivity contribution is 7.91. The van der Waals surface area contributed by atoms with Gasteiger partial charge in [0.15, 0.2) is 16.4 Å². The molecule has 0 N–H and O–H groups in total. The first-order valence-electron chi connectivity index (χ1n) is 8.35. The fourth-order valence-corrected chi connectivity index (χ4v) is 4.65. The Morgan fingerprint density at radius 3 is 2.60 bits per heavy atom. The summed E-state index contributed by atoms with van der Waals surface area (Å²) in [5, 5.41) is 3.68. The molecule has 0 radical (unpaired) electrons. The van der Waals surface area contributed by atoms with Crippen molar-refractivity contribution in [2.24, 2.45) is 0 Å². The Labute approximate surface area is 147 Å². The molecule has 1 amide bonds. The van der Waals surface area contributed by atoms with Gasteiger partial charge in [0.05, 0.1) is 17.2 Å². The zero-order chi connectivity index (χ0) is 18.6. The predicted octanol–water partition coefficient (Wildman–Crippen LogP) is 1.26. The average molecular weight is 372 g/mol. The van der Waals surface area contributed by atoms with Crippen molar-refractivity contribution in [1.29, 1.82) is 0 Å². The largest absolute Gasteiger partial charge is 0.452 e. The van der Waals surface area contributed by atoms with Crippen LogP contribution in [0.3, 0.4) is 0 Å². The zero-order valence-corrected chi connectivity index (χ0v) is 15.6. The Morgan fingerprint density at radius 2 is 2.08 bits per heavy atom. The van der Waals surface area contributed by atoms with Crippen LogP contribution in [0.2, 0.25) is 0 Å². The number of unbranched alkanes of at least 4 members (excludes halogenated alkanes) is 1. The molecule has 0 bridgehead atoms. The SMILES string of the molecule is CCCCN(C(=O)COC(=O)c1c(C)noc1C)C1CCS(=O)(=O)C1. The van der Waals surface area contributed by atoms with Crippen molar-refractivity contribution < 1.29 is 27.3 Å². The molecule has 1 unspecified atom stereocenters. The van der Waals surface area contributed by atoms with Crippen LogP contribution in [0, 0.1) is 13.8 Å². The van der Waals surface area contributed by atoms with Gasteiger partial charge in [-0.15, -0.1) is 0 Å². The lowest BCUT2D eigenvalue weighted by atomic mass is 10.2. The number of carbonyl (C=O) groups is 2. The van der Waals surface area contributed by atoms with Crippen LogP contribution in [0.25, 0.3) is 0 Å². The lowest BCUT2D eigenvalue weighted by Crippen LogP contribution is -2.43. The molecule has 1 aromatic rings. The number of carbonyl (C=O) groups excluding carboxylic acids is 2. The van der Waals surface area contributed by atoms with E-state index in [-0.39, 0.29) is 29.0 Å². The highest BCUT2D eigenvalue weighted by Crippen LogP contribution is 2.19. The maximum atomic E-state index is 12.5. The van der Waals surface area contributed by atoms with Gasteiger partial charge in [-0.3, -0.25) is 4.79 Å². The number of amides is 1. The molecule has 1 aliphatic rings. The molecule has 1 fully saturated rings. The molecule has 2 heterocycles. The number of hydrogen-bond donors (Lipinski definition) is 0. The van der Waals surface area contributed by atoms with Gasteiger partial charge < -0.3 is 14.2 Å². The molecule has 140 valence electrons. The summed E-state index contributed by atoms with van der Waals surface area (Å²) in [5.41, 5.74) is 0.621. The number of nitrogens with zero attached hydrogens (tertiary/aromatic N) is 2. The van der Waals surface area contributed by atoms with Gasteiger partial charge in [0, 0.05) is 12.6 Å². The van der Waals surface area contributed by atoms with Crippen LogP contribution in [-0.2, 0) is 19.4 Å². The second kappa shape index (κ2) is 7.99. The van der Waals surface area contributed by atoms with Crippen LogP contribution in [0.5, 0.6) is 0 Å². The van der Waals surface area contributed by atoms with Crippen LogP contribution in [0.1, 0.15) is 48.0 Å². The van der Waals surface area contributed by atoms with Gasteiger partial charge in [-0.1, -0.05) is 18.5 Å². The van der Waals surface area contributed by atoms with Gasteiger partial charge >= 0.3 is 5.97 Å². The van der Waals surface area contributed by atoms with Crippen LogP contribution in [0.15, 0.2) is 4.52 Å². The maximum absolute atomic E-state index is 12.5. The van der Waals surface area contributed by atoms with Crippen molar-refractivity contribution in [3.8, 4) is 0 Å². The molecule has 1 atom stereocenters. The summed E-state index contributed by atoms with van der Waals surface area (Å²) < 4.78 is 33.4. The fraction of sp³-hybridized carbons (Fsp3) is 0.688. The standard InChI is InChI=1S/C16H24N2O6S/c1-4-5-7-18(13-6-8-25(21,22)10-13)14(19)9-23-16(20)15-11(2)17-24-12(15)3/h13H,4-10H2,1-3H3. The molecule has 0 aromatic carbocycles. The van der Waals surface area contributed by atoms with Gasteiger partial charge in [-0.05, 0) is 26.7 Å². The summed E-state index contributed by atoms with van der Waals surface area (Å²) in [6.07, 6.45) is 2.07. The Bertz CT molecular complexity index is 720. The van der Waals surface area contributed by atoms with E-state index in [2.05, 4.69) is 5.16 Å². The van der Waals surface area contributed by atoms with Crippen molar-refractivity contribution in [2.45, 2.75) is 46.1 Å². The van der Waals surface area contributed by atoms with E-state index < -0.39 is 22.4 Å². The number of esters is 1. The summed E-state index contributed by atoms with van der Waals surface area (Å²) in [6, 6.07) is -0.346. The van der Waals surface area contributed by atoms with Gasteiger partial charge in [0.2, 0.25) is 0 Å². The number of rotatable bonds is 7. The first-order valence-corrected chi connectivity index (χ1v) is 10.2. The van der Waals surface area contributed by atoms with Gasteiger partial charge in [-0.25, -0.2) is 13.2 Å². The molecular weight excluding hydrogens is 348 g/mol. The van der Waals surface area contributed by atoms with Gasteiger partial charge in [0.1, 0.15) is 11.3 Å². The number of hydrogen-bond acceptors (Lipinski definition) is 7. The molecule has 2 rings (SSSR count). The summed E-state index contributed by atoms with van der Waals surface area (Å²) in [5.74, 6) is -0.651. The van der Waals surface area contributed by atoms with E-state index in [1.165, 1.54) is 4.90 Å². The number of aromatic nitrogens is 1. The number of sulfone groups is 1. The maximum Gasteiger partial charge on any atom is 0.344 e. The van der Waals surface area contributed by atoms with E-state index >= 15 is 0 Å². The van der Waals surface area contributed by atoms with Crippen LogP contribution >= 0.6 is 0 Å². The second-order valence-corrected chi connectivity index (χ2v) is 8.50. The molecule has 0 spiro atoms. The van der Waals surface area contributed by atoms with Crippen LogP contribution in [-0.4, -0.2) is 61.1 Å². The van der Waals surface area contributed by atoms with E-state index in [4.69, 9.17) is 9.26 Å². The molecule has 1 aromatic heterocycles. The molecule has 1 aliphatic heterocycles. The molecule has 25 heavy (non-hydrogen) atoms. The number of aryl methyl sites for hydroxylation is 2. The van der Waals surface area contributed by atoms with Gasteiger partial charge in [-0.2, -0.15) is 0 Å². The highest BCUT2D eigenvalue weighted by atomic mass is 32.2. The van der Waals surface area contributed by atoms with Crippen molar-refractivity contribution in [3.63, 3.8) is 0 Å². The smallest absolute Gasteiger partial charge is 0.344 e. The van der Waals surface area contributed by atoms with Crippen LogP contribution < -0.4 is 0 Å². The summed E-state index contributed by atoms with van der Waals surface area (Å²) in [6.45, 7) is 5.23. The molecule has 0 saturated carbocycles. The van der Waals surface area contributed by atoms with Gasteiger partial charge in [0.25, 0.3) is 5.91 Å². The minimum Gasteiger partial charge on any atom is -0.452 e. The fourth-order valence-electron chi connectivity index (χ4n) is 2.92. The third-order valence-electron chi connectivity index (χ3n) is 4.29. The molecule has 8 nitrogen and oxygen atoms in total. The Morgan fingerprint density at radius 1 is 1.36 bits per heavy atom. The third-order valence-corrected chi connectivity index (χ3v) is 6.04. The normalized spacial score (nSPS) is 18.9. The molecular formula is C16H24N2O6S. The zero-order valence-electron chi connectivity index (χ0n) is 14.8. The first-order chi connectivity index (χ1) is 11.7. The predicted molar refractivity (Wildman–Crippen MR) is 89.9 cm³/mol. The van der Waals surface area contributed by atoms with E-state index in [0.29, 0.717) is 24.4 Å². The average Bonchev–Trinajstić information content (AvgIpc) is 3.07. The first kappa shape index (κ1) is 19.4. The Balaban J connectivity index is 2.01. The van der Waals surface area contributed by atoms with Crippen molar-refractivity contribution in [2.75, 3.05) is 24.7 Å². The summed E-state index contributed by atoms with van der Waals surface area (Å²) >= 11 is 0. The van der Waals surface area contributed by atoms with Crippen molar-refractivity contribution >= 4 is 21.7 Å². The van der Waals surface area contributed by atoms with Crippen molar-refractivity contribution in [3.05, 3.63) is 17.0 Å². The molecule has 9 heteroatoms. The number of ether oxygens (including phenoxy) is 1. The van der Waals surface area contributed by atoms with E-state index in [1.54, 1.807) is 13.8 Å². The minimum absolute atomic E-state index is 0.0275. The second-order valence-electron chi connectivity index (χ2n) is 6.27. The van der Waals surface area contributed by atoms with Crippen molar-refractivity contribution in [1.82, 2.24) is 10.1 Å². The monoisotopic (exact) mass is 372 g/mol. The third kappa shape index (κ3) is 4.81. The van der Waals surface area contributed by atoms with E-state index in [1.807, 2.05) is 6.92 Å². The van der Waals surface area contributed by atoms with E-state index in [9.17, 15) is 18.0 Å². The summed E-state index contributed by atoms with van der Waals surface area (Å²) in [7, 11) is -3.10. The lowest BCUT2D eigenvalue weighted by Gasteiger charge is -2.28. The highest BCUT2D eigenvalue weighted by Gasteiger charge is 2.34. The Kier molecular flexibility index (Phi) is 6.21. The molecule has 0 aliphatic carbocycles.